The first-order valence-electron chi connectivity index (χ1n) is 8.57. The highest BCUT2D eigenvalue weighted by atomic mass is 35.5. The Hall–Kier alpha value is -2.37. The van der Waals surface area contributed by atoms with E-state index in [2.05, 4.69) is 10.6 Å². The minimum Gasteiger partial charge on any atom is -0.326 e. The molecule has 6 heteroatoms. The molecule has 0 radical (unpaired) electrons. The summed E-state index contributed by atoms with van der Waals surface area (Å²) in [5.74, 6) is -0.348. The van der Waals surface area contributed by atoms with Gasteiger partial charge in [-0.3, -0.25) is 9.59 Å². The zero-order valence-electron chi connectivity index (χ0n) is 14.6. The lowest BCUT2D eigenvalue weighted by Gasteiger charge is -2.20. The van der Waals surface area contributed by atoms with Crippen molar-refractivity contribution in [1.82, 2.24) is 0 Å². The molecule has 0 bridgehead atoms. The van der Waals surface area contributed by atoms with Crippen LogP contribution in [0.3, 0.4) is 0 Å². The van der Waals surface area contributed by atoms with Gasteiger partial charge in [-0.15, -0.1) is 12.4 Å². The van der Waals surface area contributed by atoms with E-state index in [4.69, 9.17) is 5.73 Å². The summed E-state index contributed by atoms with van der Waals surface area (Å²) in [6.07, 6.45) is 1.91. The highest BCUT2D eigenvalue weighted by Gasteiger charge is 2.29. The van der Waals surface area contributed by atoms with Gasteiger partial charge in [0.2, 0.25) is 11.8 Å². The molecule has 1 aliphatic rings. The predicted molar refractivity (Wildman–Crippen MR) is 106 cm³/mol. The fourth-order valence-electron chi connectivity index (χ4n) is 2.65. The van der Waals surface area contributed by atoms with Gasteiger partial charge in [-0.2, -0.15) is 0 Å². The molecule has 2 aromatic rings. The first-order chi connectivity index (χ1) is 12.0. The fraction of sp³-hybridized carbons (Fsp3) is 0.300. The van der Waals surface area contributed by atoms with Crippen molar-refractivity contribution < 1.29 is 9.59 Å². The normalized spacial score (nSPS) is 15.3. The van der Waals surface area contributed by atoms with E-state index in [1.54, 1.807) is 18.2 Å². The van der Waals surface area contributed by atoms with Gasteiger partial charge >= 0.3 is 0 Å². The largest absolute Gasteiger partial charge is 0.326 e. The van der Waals surface area contributed by atoms with Gasteiger partial charge in [0.15, 0.2) is 0 Å². The summed E-state index contributed by atoms with van der Waals surface area (Å²) in [4.78, 5) is 24.3. The molecule has 2 aromatic carbocycles. The van der Waals surface area contributed by atoms with Gasteiger partial charge in [0.25, 0.3) is 0 Å². The predicted octanol–water partition coefficient (Wildman–Crippen LogP) is 3.73. The number of hydrogen-bond donors (Lipinski definition) is 3. The summed E-state index contributed by atoms with van der Waals surface area (Å²) in [5.41, 5.74) is 8.47. The highest BCUT2D eigenvalue weighted by molar-refractivity contribution is 5.96. The van der Waals surface area contributed by atoms with Crippen molar-refractivity contribution in [3.05, 3.63) is 60.2 Å². The van der Waals surface area contributed by atoms with Crippen molar-refractivity contribution in [2.75, 3.05) is 10.6 Å². The van der Waals surface area contributed by atoms with Crippen molar-refractivity contribution in [3.63, 3.8) is 0 Å². The van der Waals surface area contributed by atoms with Crippen LogP contribution in [0.1, 0.15) is 31.4 Å². The molecule has 0 aromatic heterocycles. The van der Waals surface area contributed by atoms with E-state index in [0.717, 1.165) is 18.4 Å². The number of hydrogen-bond acceptors (Lipinski definition) is 3. The second-order valence-electron chi connectivity index (χ2n) is 6.56. The Morgan fingerprint density at radius 3 is 2.23 bits per heavy atom. The summed E-state index contributed by atoms with van der Waals surface area (Å²) >= 11 is 0. The molecule has 1 saturated carbocycles. The molecule has 4 N–H and O–H groups in total. The molecule has 1 fully saturated rings. The lowest BCUT2D eigenvalue weighted by molar-refractivity contribution is -0.120. The second kappa shape index (κ2) is 8.83. The molecule has 2 unspecified atom stereocenters. The number of amides is 2. The molecule has 5 nitrogen and oxygen atoms in total. The zero-order chi connectivity index (χ0) is 17.8. The maximum absolute atomic E-state index is 12.5. The standard InChI is InChI=1S/C20H23N3O2.ClH/c1-13(18(21)14-6-3-2-4-7-14)19(24)22-16-8-5-9-17(12-16)23-20(25)15-10-11-15;/h2-9,12-13,15,18H,10-11,21H2,1H3,(H,22,24)(H,23,25);1H. The second-order valence-corrected chi connectivity index (χ2v) is 6.56. The zero-order valence-corrected chi connectivity index (χ0v) is 15.5. The summed E-state index contributed by atoms with van der Waals surface area (Å²) < 4.78 is 0. The number of benzene rings is 2. The summed E-state index contributed by atoms with van der Waals surface area (Å²) in [7, 11) is 0. The molecule has 1 aliphatic carbocycles. The van der Waals surface area contributed by atoms with Crippen molar-refractivity contribution in [1.29, 1.82) is 0 Å². The molecule has 0 saturated heterocycles. The van der Waals surface area contributed by atoms with Crippen molar-refractivity contribution in [3.8, 4) is 0 Å². The van der Waals surface area contributed by atoms with Crippen LogP contribution < -0.4 is 16.4 Å². The minimum absolute atomic E-state index is 0. The quantitative estimate of drug-likeness (QED) is 0.721. The summed E-state index contributed by atoms with van der Waals surface area (Å²) in [6, 6.07) is 16.4. The van der Waals surface area contributed by atoms with Crippen LogP contribution >= 0.6 is 12.4 Å². The van der Waals surface area contributed by atoms with Crippen molar-refractivity contribution in [2.24, 2.45) is 17.6 Å². The molecule has 0 heterocycles. The number of nitrogens with one attached hydrogen (secondary N) is 2. The maximum Gasteiger partial charge on any atom is 0.229 e. The maximum atomic E-state index is 12.5. The Labute approximate surface area is 159 Å². The van der Waals surface area contributed by atoms with Gasteiger partial charge in [0.05, 0.1) is 5.92 Å². The lowest BCUT2D eigenvalue weighted by Crippen LogP contribution is -2.30. The third-order valence-electron chi connectivity index (χ3n) is 4.48. The molecular weight excluding hydrogens is 350 g/mol. The molecule has 2 atom stereocenters. The van der Waals surface area contributed by atoms with E-state index in [1.165, 1.54) is 0 Å². The number of nitrogens with two attached hydrogens (primary N) is 1. The van der Waals surface area contributed by atoms with E-state index in [0.29, 0.717) is 11.4 Å². The van der Waals surface area contributed by atoms with Crippen LogP contribution in [0.15, 0.2) is 54.6 Å². The molecule has 26 heavy (non-hydrogen) atoms. The number of rotatable bonds is 6. The third-order valence-corrected chi connectivity index (χ3v) is 4.48. The van der Waals surface area contributed by atoms with Gasteiger partial charge in [-0.25, -0.2) is 0 Å². The molecule has 138 valence electrons. The first-order valence-corrected chi connectivity index (χ1v) is 8.57. The molecule has 0 aliphatic heterocycles. The first kappa shape index (κ1) is 19.9. The van der Waals surface area contributed by atoms with Crippen LogP contribution in [0.2, 0.25) is 0 Å². The van der Waals surface area contributed by atoms with E-state index >= 15 is 0 Å². The number of anilines is 2. The molecular formula is C20H24ClN3O2. The van der Waals surface area contributed by atoms with Gasteiger partial charge in [0.1, 0.15) is 0 Å². The minimum atomic E-state index is -0.382. The molecule has 3 rings (SSSR count). The van der Waals surface area contributed by atoms with Crippen LogP contribution in [0, 0.1) is 11.8 Å². The lowest BCUT2D eigenvalue weighted by atomic mass is 9.94. The van der Waals surface area contributed by atoms with Crippen LogP contribution in [-0.2, 0) is 9.59 Å². The van der Waals surface area contributed by atoms with Crippen LogP contribution in [0.4, 0.5) is 11.4 Å². The monoisotopic (exact) mass is 373 g/mol. The number of carbonyl (C=O) groups is 2. The van der Waals surface area contributed by atoms with Crippen molar-refractivity contribution in [2.45, 2.75) is 25.8 Å². The Kier molecular flexibility index (Phi) is 6.77. The Morgan fingerprint density at radius 1 is 1.00 bits per heavy atom. The number of halogens is 1. The van der Waals surface area contributed by atoms with Crippen molar-refractivity contribution >= 4 is 35.6 Å². The van der Waals surface area contributed by atoms with Gasteiger partial charge in [-0.1, -0.05) is 43.3 Å². The third kappa shape index (κ3) is 5.07. The topological polar surface area (TPSA) is 84.2 Å². The molecule has 0 spiro atoms. The molecule has 2 amide bonds. The summed E-state index contributed by atoms with van der Waals surface area (Å²) in [6.45, 7) is 1.81. The Balaban J connectivity index is 0.00000243. The van der Waals surface area contributed by atoms with Gasteiger partial charge < -0.3 is 16.4 Å². The SMILES string of the molecule is CC(C(=O)Nc1cccc(NC(=O)C2CC2)c1)C(N)c1ccccc1.Cl. The average Bonchev–Trinajstić information content (AvgIpc) is 3.46. The average molecular weight is 374 g/mol. The van der Waals surface area contributed by atoms with Crippen LogP contribution in [0.5, 0.6) is 0 Å². The van der Waals surface area contributed by atoms with E-state index in [1.807, 2.05) is 43.3 Å². The Morgan fingerprint density at radius 2 is 1.62 bits per heavy atom. The van der Waals surface area contributed by atoms with E-state index < -0.39 is 0 Å². The summed E-state index contributed by atoms with van der Waals surface area (Å²) in [5, 5.41) is 5.76. The number of carbonyl (C=O) groups excluding carboxylic acids is 2. The van der Waals surface area contributed by atoms with Crippen LogP contribution in [-0.4, -0.2) is 11.8 Å². The van der Waals surface area contributed by atoms with E-state index in [9.17, 15) is 9.59 Å². The van der Waals surface area contributed by atoms with Gasteiger partial charge in [0, 0.05) is 23.3 Å². The van der Waals surface area contributed by atoms with Gasteiger partial charge in [-0.05, 0) is 36.6 Å². The highest BCUT2D eigenvalue weighted by Crippen LogP contribution is 2.30. The van der Waals surface area contributed by atoms with Crippen LogP contribution in [0.25, 0.3) is 0 Å². The smallest absolute Gasteiger partial charge is 0.229 e. The Bertz CT molecular complexity index is 763. The van der Waals surface area contributed by atoms with E-state index in [-0.39, 0.29) is 42.1 Å². The fourth-order valence-corrected chi connectivity index (χ4v) is 2.65.